The SMILES string of the molecule is NC1CCN(c2ccc(OC(F)(F)F)c(Br)c2)C1=O. The minimum atomic E-state index is -4.75. The molecule has 1 fully saturated rings. The lowest BCUT2D eigenvalue weighted by molar-refractivity contribution is -0.274. The highest BCUT2D eigenvalue weighted by molar-refractivity contribution is 9.10. The van der Waals surface area contributed by atoms with Crippen molar-refractivity contribution in [1.82, 2.24) is 0 Å². The normalized spacial score (nSPS) is 19.9. The Kier molecular flexibility index (Phi) is 3.73. The van der Waals surface area contributed by atoms with E-state index < -0.39 is 12.4 Å². The first-order valence-corrected chi connectivity index (χ1v) is 6.19. The molecule has 0 aliphatic carbocycles. The van der Waals surface area contributed by atoms with E-state index >= 15 is 0 Å². The van der Waals surface area contributed by atoms with Gasteiger partial charge in [0.15, 0.2) is 0 Å². The number of halogens is 4. The zero-order chi connectivity index (χ0) is 14.2. The molecule has 0 radical (unpaired) electrons. The second-order valence-electron chi connectivity index (χ2n) is 4.05. The third-order valence-electron chi connectivity index (χ3n) is 2.70. The third kappa shape index (κ3) is 3.19. The Balaban J connectivity index is 2.22. The number of amides is 1. The maximum Gasteiger partial charge on any atom is 0.573 e. The molecule has 0 bridgehead atoms. The zero-order valence-electron chi connectivity index (χ0n) is 9.58. The molecule has 1 amide bonds. The van der Waals surface area contributed by atoms with E-state index in [4.69, 9.17) is 5.73 Å². The van der Waals surface area contributed by atoms with E-state index in [1.165, 1.54) is 17.0 Å². The average molecular weight is 339 g/mol. The summed E-state index contributed by atoms with van der Waals surface area (Å²) in [6.07, 6.45) is -4.23. The molecule has 2 N–H and O–H groups in total. The molecule has 0 saturated carbocycles. The molecular weight excluding hydrogens is 329 g/mol. The van der Waals surface area contributed by atoms with E-state index in [1.807, 2.05) is 0 Å². The fraction of sp³-hybridized carbons (Fsp3) is 0.364. The van der Waals surface area contributed by atoms with Crippen LogP contribution < -0.4 is 15.4 Å². The molecular formula is C11H10BrF3N2O2. The Bertz CT molecular complexity index is 507. The summed E-state index contributed by atoms with van der Waals surface area (Å²) in [4.78, 5) is 13.1. The highest BCUT2D eigenvalue weighted by Crippen LogP contribution is 2.34. The van der Waals surface area contributed by atoms with E-state index in [0.29, 0.717) is 18.7 Å². The summed E-state index contributed by atoms with van der Waals surface area (Å²) >= 11 is 2.99. The number of rotatable bonds is 2. The number of hydrogen-bond donors (Lipinski definition) is 1. The van der Waals surface area contributed by atoms with Gasteiger partial charge in [0.1, 0.15) is 5.75 Å². The van der Waals surface area contributed by atoms with Gasteiger partial charge in [-0.3, -0.25) is 4.79 Å². The molecule has 1 aliphatic rings. The highest BCUT2D eigenvalue weighted by atomic mass is 79.9. The molecule has 1 aromatic rings. The van der Waals surface area contributed by atoms with Gasteiger partial charge in [0.05, 0.1) is 10.5 Å². The lowest BCUT2D eigenvalue weighted by Gasteiger charge is -2.18. The molecule has 2 rings (SSSR count). The number of anilines is 1. The Morgan fingerprint density at radius 3 is 2.58 bits per heavy atom. The van der Waals surface area contributed by atoms with Gasteiger partial charge in [-0.1, -0.05) is 0 Å². The van der Waals surface area contributed by atoms with Gasteiger partial charge in [-0.2, -0.15) is 0 Å². The van der Waals surface area contributed by atoms with Gasteiger partial charge in [0, 0.05) is 12.2 Å². The van der Waals surface area contributed by atoms with Crippen molar-refractivity contribution in [2.24, 2.45) is 5.73 Å². The minimum Gasteiger partial charge on any atom is -0.405 e. The molecule has 1 saturated heterocycles. The zero-order valence-corrected chi connectivity index (χ0v) is 11.2. The smallest absolute Gasteiger partial charge is 0.405 e. The minimum absolute atomic E-state index is 0.121. The number of carbonyl (C=O) groups excluding carboxylic acids is 1. The summed E-state index contributed by atoms with van der Waals surface area (Å²) in [7, 11) is 0. The molecule has 1 atom stereocenters. The monoisotopic (exact) mass is 338 g/mol. The number of nitrogens with two attached hydrogens (primary N) is 1. The maximum absolute atomic E-state index is 12.1. The Morgan fingerprint density at radius 2 is 2.11 bits per heavy atom. The van der Waals surface area contributed by atoms with Crippen molar-refractivity contribution in [3.05, 3.63) is 22.7 Å². The third-order valence-corrected chi connectivity index (χ3v) is 3.32. The number of benzene rings is 1. The van der Waals surface area contributed by atoms with E-state index in [1.54, 1.807) is 0 Å². The Labute approximate surface area is 115 Å². The van der Waals surface area contributed by atoms with Gasteiger partial charge in [-0.05, 0) is 40.5 Å². The molecule has 1 aromatic carbocycles. The first-order chi connectivity index (χ1) is 8.78. The topological polar surface area (TPSA) is 55.6 Å². The number of alkyl halides is 3. The highest BCUT2D eigenvalue weighted by Gasteiger charge is 2.33. The van der Waals surface area contributed by atoms with Crippen LogP contribution in [0.5, 0.6) is 5.75 Å². The van der Waals surface area contributed by atoms with Gasteiger partial charge in [0.25, 0.3) is 0 Å². The van der Waals surface area contributed by atoms with Crippen molar-refractivity contribution in [1.29, 1.82) is 0 Å². The molecule has 1 aliphatic heterocycles. The summed E-state index contributed by atoms with van der Waals surface area (Å²) in [5.41, 5.74) is 6.07. The summed E-state index contributed by atoms with van der Waals surface area (Å²) in [5, 5.41) is 0. The van der Waals surface area contributed by atoms with Crippen molar-refractivity contribution in [3.8, 4) is 5.75 Å². The number of carbonyl (C=O) groups is 1. The van der Waals surface area contributed by atoms with Crippen LogP contribution in [-0.4, -0.2) is 24.9 Å². The summed E-state index contributed by atoms with van der Waals surface area (Å²) in [5.74, 6) is -0.594. The first kappa shape index (κ1) is 14.1. The van der Waals surface area contributed by atoms with Crippen LogP contribution in [0.25, 0.3) is 0 Å². The lowest BCUT2D eigenvalue weighted by atomic mass is 10.2. The van der Waals surface area contributed by atoms with E-state index in [9.17, 15) is 18.0 Å². The predicted molar refractivity (Wildman–Crippen MR) is 65.8 cm³/mol. The van der Waals surface area contributed by atoms with E-state index in [0.717, 1.165) is 6.07 Å². The van der Waals surface area contributed by atoms with Crippen LogP contribution in [0.1, 0.15) is 6.42 Å². The van der Waals surface area contributed by atoms with Crippen molar-refractivity contribution in [2.45, 2.75) is 18.8 Å². The number of ether oxygens (including phenoxy) is 1. The Hall–Kier alpha value is -1.28. The van der Waals surface area contributed by atoms with Gasteiger partial charge in [-0.25, -0.2) is 0 Å². The van der Waals surface area contributed by atoms with E-state index in [2.05, 4.69) is 20.7 Å². The largest absolute Gasteiger partial charge is 0.573 e. The fourth-order valence-corrected chi connectivity index (χ4v) is 2.27. The lowest BCUT2D eigenvalue weighted by Crippen LogP contribution is -2.33. The van der Waals surface area contributed by atoms with Crippen LogP contribution in [0.2, 0.25) is 0 Å². The van der Waals surface area contributed by atoms with Crippen LogP contribution in [0, 0.1) is 0 Å². The first-order valence-electron chi connectivity index (χ1n) is 5.40. The fourth-order valence-electron chi connectivity index (χ4n) is 1.82. The van der Waals surface area contributed by atoms with Gasteiger partial charge in [-0.15, -0.1) is 13.2 Å². The van der Waals surface area contributed by atoms with Crippen LogP contribution >= 0.6 is 15.9 Å². The molecule has 4 nitrogen and oxygen atoms in total. The van der Waals surface area contributed by atoms with Crippen LogP contribution in [0.15, 0.2) is 22.7 Å². The number of nitrogens with zero attached hydrogens (tertiary/aromatic N) is 1. The molecule has 19 heavy (non-hydrogen) atoms. The average Bonchev–Trinajstić information content (AvgIpc) is 2.61. The Morgan fingerprint density at radius 1 is 1.42 bits per heavy atom. The maximum atomic E-state index is 12.1. The number of hydrogen-bond acceptors (Lipinski definition) is 3. The second-order valence-corrected chi connectivity index (χ2v) is 4.90. The van der Waals surface area contributed by atoms with Crippen molar-refractivity contribution >= 4 is 27.5 Å². The van der Waals surface area contributed by atoms with Gasteiger partial charge in [0.2, 0.25) is 5.91 Å². The quantitative estimate of drug-likeness (QED) is 0.900. The van der Waals surface area contributed by atoms with Crippen LogP contribution in [-0.2, 0) is 4.79 Å². The van der Waals surface area contributed by atoms with Gasteiger partial charge >= 0.3 is 6.36 Å². The molecule has 0 aromatic heterocycles. The predicted octanol–water partition coefficient (Wildman–Crippen LogP) is 2.41. The van der Waals surface area contributed by atoms with Crippen LogP contribution in [0.4, 0.5) is 18.9 Å². The summed E-state index contributed by atoms with van der Waals surface area (Å²) in [6, 6.07) is 3.40. The van der Waals surface area contributed by atoms with E-state index in [-0.39, 0.29) is 16.1 Å². The van der Waals surface area contributed by atoms with Gasteiger partial charge < -0.3 is 15.4 Å². The standard InChI is InChI=1S/C11H10BrF3N2O2/c12-7-5-6(17-4-3-8(16)10(17)18)1-2-9(7)19-11(13,14)15/h1-2,5,8H,3-4,16H2. The van der Waals surface area contributed by atoms with Crippen molar-refractivity contribution in [2.75, 3.05) is 11.4 Å². The van der Waals surface area contributed by atoms with Crippen LogP contribution in [0.3, 0.4) is 0 Å². The molecule has 1 unspecified atom stereocenters. The summed E-state index contributed by atoms with van der Waals surface area (Å²) < 4.78 is 40.3. The van der Waals surface area contributed by atoms with Crippen molar-refractivity contribution < 1.29 is 22.7 Å². The second kappa shape index (κ2) is 5.01. The molecule has 0 spiro atoms. The van der Waals surface area contributed by atoms with Crippen molar-refractivity contribution in [3.63, 3.8) is 0 Å². The summed E-state index contributed by atoms with van der Waals surface area (Å²) in [6.45, 7) is 0.450. The molecule has 1 heterocycles. The molecule has 104 valence electrons. The molecule has 8 heteroatoms.